The van der Waals surface area contributed by atoms with Crippen molar-refractivity contribution in [3.8, 4) is 0 Å². The number of ether oxygens (including phenoxy) is 1. The van der Waals surface area contributed by atoms with Crippen molar-refractivity contribution in [1.82, 2.24) is 14.7 Å². The van der Waals surface area contributed by atoms with E-state index < -0.39 is 0 Å². The Labute approximate surface area is 145 Å². The molecular formula is C19H29N3O2. The lowest BCUT2D eigenvalue weighted by molar-refractivity contribution is -0.141. The summed E-state index contributed by atoms with van der Waals surface area (Å²) in [4.78, 5) is 19.7. The van der Waals surface area contributed by atoms with Gasteiger partial charge in [-0.25, -0.2) is 0 Å². The van der Waals surface area contributed by atoms with Crippen LogP contribution in [0.15, 0.2) is 30.3 Å². The van der Waals surface area contributed by atoms with Crippen LogP contribution in [0.1, 0.15) is 18.4 Å². The van der Waals surface area contributed by atoms with Crippen LogP contribution < -0.4 is 0 Å². The average Bonchev–Trinajstić information content (AvgIpc) is 3.15. The maximum atomic E-state index is 12.8. The van der Waals surface area contributed by atoms with E-state index in [1.165, 1.54) is 5.56 Å². The molecule has 132 valence electrons. The number of amides is 1. The molecule has 5 heteroatoms. The summed E-state index contributed by atoms with van der Waals surface area (Å²) in [6.45, 7) is 7.50. The second-order valence-corrected chi connectivity index (χ2v) is 6.89. The molecule has 2 saturated heterocycles. The lowest BCUT2D eigenvalue weighted by atomic mass is 10.1. The molecule has 2 aliphatic heterocycles. The van der Waals surface area contributed by atoms with Gasteiger partial charge < -0.3 is 14.5 Å². The number of hydrogen-bond acceptors (Lipinski definition) is 4. The van der Waals surface area contributed by atoms with Gasteiger partial charge in [-0.15, -0.1) is 0 Å². The fraction of sp³-hybridized carbons (Fsp3) is 0.632. The van der Waals surface area contributed by atoms with Crippen LogP contribution in [-0.4, -0.2) is 79.6 Å². The van der Waals surface area contributed by atoms with Gasteiger partial charge in [0.2, 0.25) is 0 Å². The first-order chi connectivity index (χ1) is 11.7. The van der Waals surface area contributed by atoms with Crippen LogP contribution >= 0.6 is 0 Å². The molecule has 0 radical (unpaired) electrons. The Kier molecular flexibility index (Phi) is 6.24. The molecule has 0 N–H and O–H groups in total. The lowest BCUT2D eigenvalue weighted by Crippen LogP contribution is -2.48. The maximum absolute atomic E-state index is 12.8. The van der Waals surface area contributed by atoms with Crippen molar-refractivity contribution < 1.29 is 9.53 Å². The van der Waals surface area contributed by atoms with Crippen molar-refractivity contribution >= 4 is 5.91 Å². The molecule has 5 nitrogen and oxygen atoms in total. The summed E-state index contributed by atoms with van der Waals surface area (Å²) in [5.74, 6) is 0.158. The van der Waals surface area contributed by atoms with E-state index in [4.69, 9.17) is 4.74 Å². The molecule has 1 aromatic carbocycles. The summed E-state index contributed by atoms with van der Waals surface area (Å²) in [5.41, 5.74) is 1.18. The monoisotopic (exact) mass is 331 g/mol. The van der Waals surface area contributed by atoms with E-state index >= 15 is 0 Å². The van der Waals surface area contributed by atoms with E-state index in [0.29, 0.717) is 13.2 Å². The van der Waals surface area contributed by atoms with Gasteiger partial charge in [-0.1, -0.05) is 30.3 Å². The molecule has 1 aromatic rings. The molecule has 0 bridgehead atoms. The molecule has 1 atom stereocenters. The van der Waals surface area contributed by atoms with Gasteiger partial charge in [-0.3, -0.25) is 9.69 Å². The first kappa shape index (κ1) is 17.4. The zero-order valence-corrected chi connectivity index (χ0v) is 14.7. The summed E-state index contributed by atoms with van der Waals surface area (Å²) in [6, 6.07) is 10.3. The topological polar surface area (TPSA) is 36.0 Å². The second kappa shape index (κ2) is 8.60. The fourth-order valence-corrected chi connectivity index (χ4v) is 3.38. The first-order valence-corrected chi connectivity index (χ1v) is 9.07. The first-order valence-electron chi connectivity index (χ1n) is 9.07. The highest BCUT2D eigenvalue weighted by Crippen LogP contribution is 2.16. The summed E-state index contributed by atoms with van der Waals surface area (Å²) < 4.78 is 5.63. The van der Waals surface area contributed by atoms with Crippen molar-refractivity contribution in [2.45, 2.75) is 25.5 Å². The Morgan fingerprint density at radius 2 is 1.96 bits per heavy atom. The van der Waals surface area contributed by atoms with Gasteiger partial charge in [0, 0.05) is 52.4 Å². The fourth-order valence-electron chi connectivity index (χ4n) is 3.38. The summed E-state index contributed by atoms with van der Waals surface area (Å²) in [6.07, 6.45) is 1.62. The summed E-state index contributed by atoms with van der Waals surface area (Å²) in [5, 5.41) is 0. The minimum absolute atomic E-state index is 0.158. The van der Waals surface area contributed by atoms with Gasteiger partial charge in [0.25, 0.3) is 5.91 Å². The van der Waals surface area contributed by atoms with Crippen LogP contribution in [0.5, 0.6) is 0 Å². The van der Waals surface area contributed by atoms with Crippen LogP contribution in [0.3, 0.4) is 0 Å². The lowest BCUT2D eigenvalue weighted by Gasteiger charge is -2.34. The zero-order chi connectivity index (χ0) is 16.8. The Hall–Kier alpha value is -1.43. The van der Waals surface area contributed by atoms with Crippen molar-refractivity contribution in [1.29, 1.82) is 0 Å². The Morgan fingerprint density at radius 1 is 1.21 bits per heavy atom. The van der Waals surface area contributed by atoms with Gasteiger partial charge in [0.15, 0.2) is 0 Å². The molecule has 0 aliphatic carbocycles. The van der Waals surface area contributed by atoms with Crippen molar-refractivity contribution in [3.05, 3.63) is 35.9 Å². The molecule has 0 aromatic heterocycles. The zero-order valence-electron chi connectivity index (χ0n) is 14.7. The predicted molar refractivity (Wildman–Crippen MR) is 94.8 cm³/mol. The van der Waals surface area contributed by atoms with E-state index in [1.807, 2.05) is 23.1 Å². The van der Waals surface area contributed by atoms with E-state index in [9.17, 15) is 4.79 Å². The Morgan fingerprint density at radius 3 is 2.62 bits per heavy atom. The Balaban J connectivity index is 1.59. The molecular weight excluding hydrogens is 302 g/mol. The molecule has 2 heterocycles. The predicted octanol–water partition coefficient (Wildman–Crippen LogP) is 1.44. The van der Waals surface area contributed by atoms with Crippen LogP contribution in [0.25, 0.3) is 0 Å². The molecule has 1 amide bonds. The SMILES string of the molecule is CN1CCN(CCN(Cc2ccccc2)C(=O)C2CCCO2)CC1. The molecule has 2 fully saturated rings. The maximum Gasteiger partial charge on any atom is 0.252 e. The molecule has 0 spiro atoms. The van der Waals surface area contributed by atoms with Crippen molar-refractivity contribution in [2.24, 2.45) is 0 Å². The quantitative estimate of drug-likeness (QED) is 0.790. The van der Waals surface area contributed by atoms with E-state index in [1.54, 1.807) is 0 Å². The average molecular weight is 331 g/mol. The third-order valence-electron chi connectivity index (χ3n) is 5.02. The van der Waals surface area contributed by atoms with Crippen molar-refractivity contribution in [3.63, 3.8) is 0 Å². The highest BCUT2D eigenvalue weighted by Gasteiger charge is 2.28. The van der Waals surface area contributed by atoms with Crippen molar-refractivity contribution in [2.75, 3.05) is 52.9 Å². The molecule has 0 saturated carbocycles. The molecule has 24 heavy (non-hydrogen) atoms. The van der Waals surface area contributed by atoms with E-state index in [-0.39, 0.29) is 12.0 Å². The third-order valence-corrected chi connectivity index (χ3v) is 5.02. The van der Waals surface area contributed by atoms with E-state index in [0.717, 1.165) is 52.1 Å². The summed E-state index contributed by atoms with van der Waals surface area (Å²) >= 11 is 0. The molecule has 2 aliphatic rings. The standard InChI is InChI=1S/C19H29N3O2/c1-20-9-11-21(12-10-20)13-14-22(16-17-6-3-2-4-7-17)19(23)18-8-5-15-24-18/h2-4,6-7,18H,5,8-16H2,1H3. The number of carbonyl (C=O) groups is 1. The second-order valence-electron chi connectivity index (χ2n) is 6.89. The smallest absolute Gasteiger partial charge is 0.252 e. The number of rotatable bonds is 6. The van der Waals surface area contributed by atoms with Gasteiger partial charge in [0.05, 0.1) is 0 Å². The largest absolute Gasteiger partial charge is 0.368 e. The molecule has 1 unspecified atom stereocenters. The van der Waals surface area contributed by atoms with Gasteiger partial charge in [0.1, 0.15) is 6.10 Å². The number of hydrogen-bond donors (Lipinski definition) is 0. The third kappa shape index (κ3) is 4.79. The highest BCUT2D eigenvalue weighted by atomic mass is 16.5. The summed E-state index contributed by atoms with van der Waals surface area (Å²) in [7, 11) is 2.17. The number of benzene rings is 1. The number of nitrogens with zero attached hydrogens (tertiary/aromatic N) is 3. The molecule has 3 rings (SSSR count). The van der Waals surface area contributed by atoms with Crippen LogP contribution in [0.4, 0.5) is 0 Å². The van der Waals surface area contributed by atoms with Crippen LogP contribution in [-0.2, 0) is 16.1 Å². The van der Waals surface area contributed by atoms with Gasteiger partial charge >= 0.3 is 0 Å². The van der Waals surface area contributed by atoms with Crippen LogP contribution in [0, 0.1) is 0 Å². The minimum atomic E-state index is -0.235. The minimum Gasteiger partial charge on any atom is -0.368 e. The van der Waals surface area contributed by atoms with Gasteiger partial charge in [-0.05, 0) is 25.5 Å². The number of likely N-dealkylation sites (N-methyl/N-ethyl adjacent to an activating group) is 1. The normalized spacial score (nSPS) is 22.6. The van der Waals surface area contributed by atoms with E-state index in [2.05, 4.69) is 29.0 Å². The Bertz CT molecular complexity index is 509. The highest BCUT2D eigenvalue weighted by molar-refractivity contribution is 5.81. The number of piperazine rings is 1. The van der Waals surface area contributed by atoms with Gasteiger partial charge in [-0.2, -0.15) is 0 Å². The number of carbonyl (C=O) groups excluding carboxylic acids is 1. The van der Waals surface area contributed by atoms with Crippen LogP contribution in [0.2, 0.25) is 0 Å².